The second-order valence-corrected chi connectivity index (χ2v) is 4.64. The number of hydrogen-bond acceptors (Lipinski definition) is 4. The minimum atomic E-state index is -0.972. The second kappa shape index (κ2) is 4.94. The van der Waals surface area contributed by atoms with E-state index in [-0.39, 0.29) is 18.3 Å². The molecule has 0 bridgehead atoms. The largest absolute Gasteiger partial charge is 0.478 e. The van der Waals surface area contributed by atoms with E-state index in [1.54, 1.807) is 30.3 Å². The van der Waals surface area contributed by atoms with Gasteiger partial charge in [0.1, 0.15) is 12.7 Å². The van der Waals surface area contributed by atoms with Gasteiger partial charge in [0.25, 0.3) is 0 Å². The average molecular weight is 272 g/mol. The van der Waals surface area contributed by atoms with Crippen molar-refractivity contribution in [2.75, 3.05) is 13.2 Å². The Hall–Kier alpha value is -2.40. The molecule has 1 N–H and O–H groups in total. The zero-order valence-electron chi connectivity index (χ0n) is 10.5. The Kier molecular flexibility index (Phi) is 3.12. The quantitative estimate of drug-likeness (QED) is 0.681. The van der Waals surface area contributed by atoms with Gasteiger partial charge >= 0.3 is 11.9 Å². The van der Waals surface area contributed by atoms with E-state index in [9.17, 15) is 9.59 Å². The molecule has 2 aromatic carbocycles. The molecule has 20 heavy (non-hydrogen) atoms. The molecule has 102 valence electrons. The third-order valence-electron chi connectivity index (χ3n) is 3.13. The fourth-order valence-corrected chi connectivity index (χ4v) is 1.92. The monoisotopic (exact) mass is 272 g/mol. The van der Waals surface area contributed by atoms with Crippen LogP contribution in [0.2, 0.25) is 0 Å². The summed E-state index contributed by atoms with van der Waals surface area (Å²) in [6.07, 6.45) is 0.0394. The summed E-state index contributed by atoms with van der Waals surface area (Å²) in [6.45, 7) is 0.914. The molecule has 3 rings (SSSR count). The van der Waals surface area contributed by atoms with Crippen molar-refractivity contribution in [1.82, 2.24) is 0 Å². The van der Waals surface area contributed by atoms with Crippen LogP contribution in [0.3, 0.4) is 0 Å². The molecule has 0 saturated carbocycles. The van der Waals surface area contributed by atoms with Gasteiger partial charge in [0.05, 0.1) is 17.7 Å². The van der Waals surface area contributed by atoms with Crippen molar-refractivity contribution in [3.8, 4) is 0 Å². The van der Waals surface area contributed by atoms with E-state index < -0.39 is 11.9 Å². The van der Waals surface area contributed by atoms with E-state index in [1.807, 2.05) is 0 Å². The third-order valence-corrected chi connectivity index (χ3v) is 3.13. The maximum absolute atomic E-state index is 11.8. The molecule has 1 saturated heterocycles. The number of benzene rings is 2. The summed E-state index contributed by atoms with van der Waals surface area (Å²) < 4.78 is 10.1. The number of epoxide rings is 1. The van der Waals surface area contributed by atoms with E-state index in [1.165, 1.54) is 6.07 Å². The van der Waals surface area contributed by atoms with E-state index in [4.69, 9.17) is 14.6 Å². The summed E-state index contributed by atoms with van der Waals surface area (Å²) in [6, 6.07) is 9.80. The molecule has 5 nitrogen and oxygen atoms in total. The molecule has 5 heteroatoms. The molecule has 1 aliphatic heterocycles. The molecule has 0 aromatic heterocycles. The number of aromatic carboxylic acids is 1. The Morgan fingerprint density at radius 2 is 1.75 bits per heavy atom. The van der Waals surface area contributed by atoms with Gasteiger partial charge in [-0.25, -0.2) is 9.59 Å². The number of hydrogen-bond donors (Lipinski definition) is 1. The predicted molar refractivity (Wildman–Crippen MR) is 70.9 cm³/mol. The number of carbonyl (C=O) groups excluding carboxylic acids is 1. The number of ether oxygens (including phenoxy) is 2. The Balaban J connectivity index is 1.84. The van der Waals surface area contributed by atoms with Crippen LogP contribution in [0.15, 0.2) is 36.4 Å². The summed E-state index contributed by atoms with van der Waals surface area (Å²) in [5.74, 6) is -1.37. The summed E-state index contributed by atoms with van der Waals surface area (Å²) in [4.78, 5) is 22.7. The predicted octanol–water partition coefficient (Wildman–Crippen LogP) is 2.09. The molecule has 0 aliphatic carbocycles. The van der Waals surface area contributed by atoms with Gasteiger partial charge in [-0.1, -0.05) is 12.1 Å². The maximum atomic E-state index is 11.8. The van der Waals surface area contributed by atoms with Crippen LogP contribution in [0.25, 0.3) is 10.8 Å². The average Bonchev–Trinajstić information content (AvgIpc) is 3.27. The van der Waals surface area contributed by atoms with Gasteiger partial charge in [-0.3, -0.25) is 0 Å². The van der Waals surface area contributed by atoms with Gasteiger partial charge in [0, 0.05) is 0 Å². The number of carboxylic acids is 1. The van der Waals surface area contributed by atoms with Crippen molar-refractivity contribution >= 4 is 22.7 Å². The molecular formula is C15H12O5. The normalized spacial score (nSPS) is 16.9. The molecule has 1 atom stereocenters. The van der Waals surface area contributed by atoms with Crippen LogP contribution in [0.1, 0.15) is 20.7 Å². The Morgan fingerprint density at radius 3 is 2.35 bits per heavy atom. The number of carboxylic acid groups (broad SMARTS) is 1. The Bertz CT molecular complexity index is 688. The molecule has 1 unspecified atom stereocenters. The van der Waals surface area contributed by atoms with Crippen LogP contribution in [0.4, 0.5) is 0 Å². The molecule has 1 fully saturated rings. The van der Waals surface area contributed by atoms with Gasteiger partial charge < -0.3 is 14.6 Å². The van der Waals surface area contributed by atoms with Gasteiger partial charge in [-0.15, -0.1) is 0 Å². The highest BCUT2D eigenvalue weighted by atomic mass is 16.6. The highest BCUT2D eigenvalue weighted by Crippen LogP contribution is 2.19. The molecule has 1 aliphatic rings. The van der Waals surface area contributed by atoms with E-state index in [0.29, 0.717) is 12.2 Å². The minimum Gasteiger partial charge on any atom is -0.478 e. The standard InChI is InChI=1S/C15H12O5/c16-14(17)11-3-1-10-6-12(4-2-9(10)5-11)15(18)20-8-13-7-19-13/h1-6,13H,7-8H2,(H,16,17). The Labute approximate surface area is 114 Å². The van der Waals surface area contributed by atoms with Crippen LogP contribution < -0.4 is 0 Å². The summed E-state index contributed by atoms with van der Waals surface area (Å²) in [7, 11) is 0. The zero-order chi connectivity index (χ0) is 14.1. The van der Waals surface area contributed by atoms with Crippen molar-refractivity contribution in [3.63, 3.8) is 0 Å². The van der Waals surface area contributed by atoms with Crippen molar-refractivity contribution in [1.29, 1.82) is 0 Å². The number of carbonyl (C=O) groups is 2. The van der Waals surface area contributed by atoms with E-state index in [2.05, 4.69) is 0 Å². The fourth-order valence-electron chi connectivity index (χ4n) is 1.92. The fraction of sp³-hybridized carbons (Fsp3) is 0.200. The summed E-state index contributed by atoms with van der Waals surface area (Å²) in [5, 5.41) is 10.5. The highest BCUT2D eigenvalue weighted by Gasteiger charge is 2.24. The molecular weight excluding hydrogens is 260 g/mol. The number of esters is 1. The molecule has 0 radical (unpaired) electrons. The highest BCUT2D eigenvalue weighted by molar-refractivity contribution is 5.98. The summed E-state index contributed by atoms with van der Waals surface area (Å²) >= 11 is 0. The van der Waals surface area contributed by atoms with Gasteiger partial charge in [0.2, 0.25) is 0 Å². The lowest BCUT2D eigenvalue weighted by Crippen LogP contribution is -2.09. The first-order chi connectivity index (χ1) is 9.63. The first-order valence-corrected chi connectivity index (χ1v) is 6.19. The first kappa shape index (κ1) is 12.6. The number of rotatable bonds is 4. The SMILES string of the molecule is O=C(O)c1ccc2cc(C(=O)OCC3CO3)ccc2c1. The summed E-state index contributed by atoms with van der Waals surface area (Å²) in [5.41, 5.74) is 0.667. The lowest BCUT2D eigenvalue weighted by atomic mass is 10.0. The lowest BCUT2D eigenvalue weighted by molar-refractivity contribution is 0.0476. The Morgan fingerprint density at radius 1 is 1.15 bits per heavy atom. The van der Waals surface area contributed by atoms with Crippen molar-refractivity contribution in [2.24, 2.45) is 0 Å². The van der Waals surface area contributed by atoms with Crippen LogP contribution in [-0.2, 0) is 9.47 Å². The second-order valence-electron chi connectivity index (χ2n) is 4.64. The van der Waals surface area contributed by atoms with E-state index in [0.717, 1.165) is 10.8 Å². The number of fused-ring (bicyclic) bond motifs is 1. The lowest BCUT2D eigenvalue weighted by Gasteiger charge is -2.05. The van der Waals surface area contributed by atoms with Crippen LogP contribution in [0, 0.1) is 0 Å². The van der Waals surface area contributed by atoms with Crippen LogP contribution in [0.5, 0.6) is 0 Å². The van der Waals surface area contributed by atoms with Gasteiger partial charge in [-0.05, 0) is 35.0 Å². The molecule has 1 heterocycles. The zero-order valence-corrected chi connectivity index (χ0v) is 10.5. The third kappa shape index (κ3) is 2.62. The van der Waals surface area contributed by atoms with Gasteiger partial charge in [-0.2, -0.15) is 0 Å². The molecule has 0 amide bonds. The van der Waals surface area contributed by atoms with E-state index >= 15 is 0 Å². The van der Waals surface area contributed by atoms with Crippen LogP contribution in [-0.4, -0.2) is 36.4 Å². The van der Waals surface area contributed by atoms with Crippen molar-refractivity contribution in [2.45, 2.75) is 6.10 Å². The van der Waals surface area contributed by atoms with Gasteiger partial charge in [0.15, 0.2) is 0 Å². The van der Waals surface area contributed by atoms with Crippen LogP contribution >= 0.6 is 0 Å². The van der Waals surface area contributed by atoms with Crippen molar-refractivity contribution < 1.29 is 24.2 Å². The first-order valence-electron chi connectivity index (χ1n) is 6.19. The minimum absolute atomic E-state index is 0.0394. The maximum Gasteiger partial charge on any atom is 0.338 e. The molecule has 2 aromatic rings. The molecule has 0 spiro atoms. The smallest absolute Gasteiger partial charge is 0.338 e. The van der Waals surface area contributed by atoms with Crippen molar-refractivity contribution in [3.05, 3.63) is 47.5 Å². The topological polar surface area (TPSA) is 76.1 Å².